The fourth-order valence-corrected chi connectivity index (χ4v) is 7.04. The lowest BCUT2D eigenvalue weighted by atomic mass is 10.1. The van der Waals surface area contributed by atoms with Crippen LogP contribution in [0.5, 0.6) is 0 Å². The molecule has 0 aliphatic carbocycles. The van der Waals surface area contributed by atoms with Crippen molar-refractivity contribution in [3.05, 3.63) is 0 Å². The zero-order chi connectivity index (χ0) is 30.9. The van der Waals surface area contributed by atoms with E-state index in [1.165, 1.54) is 150 Å². The van der Waals surface area contributed by atoms with Crippen LogP contribution in [0.1, 0.15) is 168 Å². The third-order valence-electron chi connectivity index (χ3n) is 7.67. The molecule has 0 amide bonds. The van der Waals surface area contributed by atoms with Gasteiger partial charge >= 0.3 is 11.9 Å². The van der Waals surface area contributed by atoms with Crippen LogP contribution in [0.25, 0.3) is 0 Å². The van der Waals surface area contributed by atoms with Crippen LogP contribution in [0, 0.1) is 0 Å². The van der Waals surface area contributed by atoms with Gasteiger partial charge in [0.2, 0.25) is 0 Å². The van der Waals surface area contributed by atoms with Crippen molar-refractivity contribution in [2.75, 3.05) is 24.7 Å². The third kappa shape index (κ3) is 29.6. The molecule has 42 heavy (non-hydrogen) atoms. The summed E-state index contributed by atoms with van der Waals surface area (Å²) >= 11 is 0. The number of unbranched alkanes of at least 4 members (excludes halogenated alkanes) is 22. The van der Waals surface area contributed by atoms with Crippen LogP contribution in [-0.2, 0) is 19.1 Å². The molecule has 6 nitrogen and oxygen atoms in total. The molecule has 0 spiro atoms. The Morgan fingerprint density at radius 3 is 0.952 bits per heavy atom. The number of carbonyl (C=O) groups is 2. The second-order valence-electron chi connectivity index (χ2n) is 11.9. The fourth-order valence-electron chi connectivity index (χ4n) is 4.82. The van der Waals surface area contributed by atoms with Gasteiger partial charge in [-0.25, -0.2) is 0 Å². The maximum atomic E-state index is 12.1. The summed E-state index contributed by atoms with van der Waals surface area (Å²) in [5.41, 5.74) is 11.9. The summed E-state index contributed by atoms with van der Waals surface area (Å²) in [6.07, 6.45) is 30.7. The number of hydrogen-bond donors (Lipinski definition) is 2. The first-order valence-corrected chi connectivity index (χ1v) is 20.1. The first-order valence-electron chi connectivity index (χ1n) is 17.6. The van der Waals surface area contributed by atoms with Gasteiger partial charge in [-0.15, -0.1) is 0 Å². The maximum absolute atomic E-state index is 12.1. The Labute approximate surface area is 268 Å². The van der Waals surface area contributed by atoms with Crippen molar-refractivity contribution >= 4 is 33.5 Å². The van der Waals surface area contributed by atoms with E-state index in [2.05, 4.69) is 13.8 Å². The summed E-state index contributed by atoms with van der Waals surface area (Å²) in [7, 11) is 2.90. The molecule has 0 saturated heterocycles. The van der Waals surface area contributed by atoms with E-state index in [9.17, 15) is 9.59 Å². The number of hydrogen-bond acceptors (Lipinski definition) is 8. The van der Waals surface area contributed by atoms with Crippen LogP contribution in [0.3, 0.4) is 0 Å². The van der Waals surface area contributed by atoms with Gasteiger partial charge in [0.1, 0.15) is 12.1 Å². The molecule has 0 radical (unpaired) electrons. The van der Waals surface area contributed by atoms with E-state index < -0.39 is 12.1 Å². The summed E-state index contributed by atoms with van der Waals surface area (Å²) in [6.45, 7) is 5.40. The van der Waals surface area contributed by atoms with Gasteiger partial charge in [0.05, 0.1) is 13.2 Å². The summed E-state index contributed by atoms with van der Waals surface area (Å²) in [4.78, 5) is 24.2. The Kier molecular flexibility index (Phi) is 33.1. The quantitative estimate of drug-likeness (QED) is 0.0419. The van der Waals surface area contributed by atoms with Crippen LogP contribution in [0.2, 0.25) is 0 Å². The highest BCUT2D eigenvalue weighted by Gasteiger charge is 2.18. The Morgan fingerprint density at radius 2 is 0.690 bits per heavy atom. The lowest BCUT2D eigenvalue weighted by molar-refractivity contribution is -0.145. The molecular weight excluding hydrogens is 565 g/mol. The molecular formula is C34H68N2O4S2. The van der Waals surface area contributed by atoms with Gasteiger partial charge in [-0.3, -0.25) is 9.59 Å². The lowest BCUT2D eigenvalue weighted by Gasteiger charge is -2.13. The van der Waals surface area contributed by atoms with Crippen molar-refractivity contribution in [3.8, 4) is 0 Å². The monoisotopic (exact) mass is 632 g/mol. The molecule has 0 aromatic rings. The van der Waals surface area contributed by atoms with Crippen molar-refractivity contribution in [1.82, 2.24) is 0 Å². The Morgan fingerprint density at radius 1 is 0.452 bits per heavy atom. The van der Waals surface area contributed by atoms with Crippen molar-refractivity contribution in [2.45, 2.75) is 180 Å². The van der Waals surface area contributed by atoms with Gasteiger partial charge in [0.25, 0.3) is 0 Å². The topological polar surface area (TPSA) is 105 Å². The molecule has 4 N–H and O–H groups in total. The van der Waals surface area contributed by atoms with Gasteiger partial charge in [0, 0.05) is 11.5 Å². The van der Waals surface area contributed by atoms with Crippen molar-refractivity contribution in [1.29, 1.82) is 0 Å². The predicted molar refractivity (Wildman–Crippen MR) is 185 cm³/mol. The zero-order valence-corrected chi connectivity index (χ0v) is 29.2. The molecule has 0 aliphatic rings. The molecule has 0 saturated carbocycles. The van der Waals surface area contributed by atoms with E-state index in [0.29, 0.717) is 24.7 Å². The molecule has 250 valence electrons. The van der Waals surface area contributed by atoms with Crippen LogP contribution in [0.4, 0.5) is 0 Å². The van der Waals surface area contributed by atoms with Gasteiger partial charge in [-0.1, -0.05) is 177 Å². The average Bonchev–Trinajstić information content (AvgIpc) is 2.99. The minimum atomic E-state index is -0.659. The van der Waals surface area contributed by atoms with Crippen LogP contribution >= 0.6 is 21.6 Å². The van der Waals surface area contributed by atoms with E-state index in [1.54, 1.807) is 0 Å². The second kappa shape index (κ2) is 33.5. The summed E-state index contributed by atoms with van der Waals surface area (Å²) in [5, 5.41) is 0. The van der Waals surface area contributed by atoms with Crippen LogP contribution < -0.4 is 11.5 Å². The Bertz CT molecular complexity index is 548. The zero-order valence-electron chi connectivity index (χ0n) is 27.6. The SMILES string of the molecule is CCCCCCCCCCCCCCOC(=O)[C@@H](N)CSSC[C@H](N)C(=O)OCCCCCCCCCCCCCC. The molecule has 0 fully saturated rings. The number of ether oxygens (including phenoxy) is 2. The third-order valence-corrected chi connectivity index (χ3v) is 10.1. The smallest absolute Gasteiger partial charge is 0.323 e. The number of rotatable bonds is 33. The minimum absolute atomic E-state index is 0.350. The average molecular weight is 633 g/mol. The maximum Gasteiger partial charge on any atom is 0.323 e. The van der Waals surface area contributed by atoms with Crippen molar-refractivity contribution in [2.24, 2.45) is 11.5 Å². The highest BCUT2D eigenvalue weighted by atomic mass is 33.1. The molecule has 0 aromatic carbocycles. The van der Waals surface area contributed by atoms with E-state index in [4.69, 9.17) is 20.9 Å². The van der Waals surface area contributed by atoms with E-state index >= 15 is 0 Å². The largest absolute Gasteiger partial charge is 0.465 e. The van der Waals surface area contributed by atoms with Gasteiger partial charge < -0.3 is 20.9 Å². The molecule has 0 heterocycles. The first kappa shape index (κ1) is 41.6. The Hall–Kier alpha value is -0.440. The molecule has 0 unspecified atom stereocenters. The number of carbonyl (C=O) groups excluding carboxylic acids is 2. The first-order chi connectivity index (χ1) is 20.5. The minimum Gasteiger partial charge on any atom is -0.465 e. The van der Waals surface area contributed by atoms with Crippen LogP contribution in [-0.4, -0.2) is 48.7 Å². The Balaban J connectivity index is 3.51. The molecule has 0 rings (SSSR count). The molecule has 8 heteroatoms. The number of esters is 2. The fraction of sp³-hybridized carbons (Fsp3) is 0.941. The van der Waals surface area contributed by atoms with Gasteiger partial charge in [-0.2, -0.15) is 0 Å². The molecule has 0 aromatic heterocycles. The molecule has 2 atom stereocenters. The highest BCUT2D eigenvalue weighted by Crippen LogP contribution is 2.23. The van der Waals surface area contributed by atoms with Crippen LogP contribution in [0.15, 0.2) is 0 Å². The highest BCUT2D eigenvalue weighted by molar-refractivity contribution is 8.76. The normalized spacial score (nSPS) is 12.8. The summed E-state index contributed by atoms with van der Waals surface area (Å²) < 4.78 is 10.7. The van der Waals surface area contributed by atoms with Gasteiger partial charge in [0.15, 0.2) is 0 Å². The predicted octanol–water partition coefficient (Wildman–Crippen LogP) is 9.51. The van der Waals surface area contributed by atoms with E-state index in [-0.39, 0.29) is 11.9 Å². The second-order valence-corrected chi connectivity index (χ2v) is 14.4. The van der Waals surface area contributed by atoms with E-state index in [0.717, 1.165) is 25.7 Å². The van der Waals surface area contributed by atoms with Gasteiger partial charge in [-0.05, 0) is 12.8 Å². The standard InChI is InChI=1S/C34H68N2O4S2/c1-3-5-7-9-11-13-15-17-19-21-23-25-27-39-33(37)31(35)29-41-42-30-32(36)34(38)40-28-26-24-22-20-18-16-14-12-10-8-6-4-2/h31-32H,3-30,35-36H2,1-2H3/t31-,32-/m0/s1. The van der Waals surface area contributed by atoms with E-state index in [1.807, 2.05) is 0 Å². The lowest BCUT2D eigenvalue weighted by Crippen LogP contribution is -2.35. The summed E-state index contributed by atoms with van der Waals surface area (Å²) in [6, 6.07) is -1.32. The molecule has 0 aliphatic heterocycles. The summed E-state index contributed by atoms with van der Waals surface area (Å²) in [5.74, 6) is 0.167. The molecule has 0 bridgehead atoms. The number of nitrogens with two attached hydrogens (primary N) is 2. The van der Waals surface area contributed by atoms with Crippen molar-refractivity contribution in [3.63, 3.8) is 0 Å². The van der Waals surface area contributed by atoms with Crippen molar-refractivity contribution < 1.29 is 19.1 Å².